The molecule has 0 aliphatic heterocycles. The number of hydrogen-bond acceptors (Lipinski definition) is 1. The van der Waals surface area contributed by atoms with Crippen LogP contribution in [0.15, 0.2) is 0 Å². The Balaban J connectivity index is 0. The highest BCUT2D eigenvalue weighted by atomic mass is 16.1. The third-order valence-corrected chi connectivity index (χ3v) is 2.41. The lowest BCUT2D eigenvalue weighted by Crippen LogP contribution is -2.16. The zero-order chi connectivity index (χ0) is 9.40. The molecular weight excluding hydrogens is 160 g/mol. The standard InChI is InChI=1S/C9H16O.C2H6.CH4/c1-2-9(10)8-6-4-3-5-7-8;1-2;/h8H,2-7H2,1H3;1-2H3;1H4. The minimum absolute atomic E-state index is 0. The fraction of sp³-hybridized carbons (Fsp3) is 0.917. The van der Waals surface area contributed by atoms with Gasteiger partial charge < -0.3 is 0 Å². The van der Waals surface area contributed by atoms with Crippen LogP contribution in [0.1, 0.15) is 66.7 Å². The highest BCUT2D eigenvalue weighted by Crippen LogP contribution is 2.24. The average Bonchev–Trinajstić information content (AvgIpc) is 2.21. The van der Waals surface area contributed by atoms with Crippen LogP contribution in [-0.2, 0) is 4.79 Å². The Morgan fingerprint density at radius 1 is 1.15 bits per heavy atom. The van der Waals surface area contributed by atoms with Gasteiger partial charge in [-0.05, 0) is 12.8 Å². The van der Waals surface area contributed by atoms with Crippen molar-refractivity contribution in [2.75, 3.05) is 0 Å². The zero-order valence-corrected chi connectivity index (χ0v) is 8.73. The first-order valence-corrected chi connectivity index (χ1v) is 5.37. The Labute approximate surface area is 83.9 Å². The van der Waals surface area contributed by atoms with E-state index in [2.05, 4.69) is 0 Å². The Bertz CT molecular complexity index is 112. The molecule has 1 heteroatoms. The molecule has 1 saturated carbocycles. The lowest BCUT2D eigenvalue weighted by atomic mass is 9.85. The van der Waals surface area contributed by atoms with Crippen molar-refractivity contribution >= 4 is 5.78 Å². The predicted octanol–water partition coefficient (Wildman–Crippen LogP) is 4.21. The fourth-order valence-corrected chi connectivity index (χ4v) is 1.71. The summed E-state index contributed by atoms with van der Waals surface area (Å²) in [7, 11) is 0. The third-order valence-electron chi connectivity index (χ3n) is 2.41. The molecule has 1 fully saturated rings. The smallest absolute Gasteiger partial charge is 0.135 e. The van der Waals surface area contributed by atoms with Crippen molar-refractivity contribution in [3.05, 3.63) is 0 Å². The molecule has 0 saturated heterocycles. The molecule has 0 bridgehead atoms. The normalized spacial score (nSPS) is 16.5. The van der Waals surface area contributed by atoms with Gasteiger partial charge in [0.1, 0.15) is 5.78 Å². The summed E-state index contributed by atoms with van der Waals surface area (Å²) in [4.78, 5) is 11.2. The number of rotatable bonds is 2. The second kappa shape index (κ2) is 9.76. The van der Waals surface area contributed by atoms with Crippen LogP contribution in [0.2, 0.25) is 0 Å². The topological polar surface area (TPSA) is 17.1 Å². The molecule has 1 nitrogen and oxygen atoms in total. The van der Waals surface area contributed by atoms with Crippen LogP contribution in [0.5, 0.6) is 0 Å². The van der Waals surface area contributed by atoms with Crippen molar-refractivity contribution < 1.29 is 4.79 Å². The van der Waals surface area contributed by atoms with Crippen molar-refractivity contribution in [1.82, 2.24) is 0 Å². The molecule has 80 valence electrons. The molecule has 0 heterocycles. The van der Waals surface area contributed by atoms with Gasteiger partial charge in [0.15, 0.2) is 0 Å². The van der Waals surface area contributed by atoms with E-state index >= 15 is 0 Å². The van der Waals surface area contributed by atoms with Gasteiger partial charge in [-0.3, -0.25) is 4.79 Å². The summed E-state index contributed by atoms with van der Waals surface area (Å²) in [5.74, 6) is 0.915. The molecule has 0 atom stereocenters. The Morgan fingerprint density at radius 3 is 2.00 bits per heavy atom. The van der Waals surface area contributed by atoms with Gasteiger partial charge in [0.25, 0.3) is 0 Å². The van der Waals surface area contributed by atoms with Crippen LogP contribution >= 0.6 is 0 Å². The average molecular weight is 186 g/mol. The van der Waals surface area contributed by atoms with Gasteiger partial charge in [-0.15, -0.1) is 0 Å². The maximum atomic E-state index is 11.2. The first kappa shape index (κ1) is 15.2. The number of carbonyl (C=O) groups excluding carboxylic acids is 1. The summed E-state index contributed by atoms with van der Waals surface area (Å²) in [6, 6.07) is 0. The second-order valence-electron chi connectivity index (χ2n) is 3.15. The van der Waals surface area contributed by atoms with E-state index in [1.807, 2.05) is 20.8 Å². The molecule has 1 rings (SSSR count). The molecule has 1 aliphatic carbocycles. The largest absolute Gasteiger partial charge is 0.299 e. The van der Waals surface area contributed by atoms with E-state index in [1.165, 1.54) is 19.3 Å². The van der Waals surface area contributed by atoms with E-state index in [-0.39, 0.29) is 7.43 Å². The Kier molecular flexibility index (Phi) is 11.4. The lowest BCUT2D eigenvalue weighted by molar-refractivity contribution is -0.123. The maximum absolute atomic E-state index is 11.2. The molecule has 0 aromatic heterocycles. The van der Waals surface area contributed by atoms with E-state index in [1.54, 1.807) is 0 Å². The lowest BCUT2D eigenvalue weighted by Gasteiger charge is -2.19. The van der Waals surface area contributed by atoms with Crippen LogP contribution in [0.4, 0.5) is 0 Å². The first-order valence-electron chi connectivity index (χ1n) is 5.37. The summed E-state index contributed by atoms with van der Waals surface area (Å²) >= 11 is 0. The number of Topliss-reactive ketones (excluding diaryl/α,β-unsaturated/α-hetero) is 1. The Morgan fingerprint density at radius 2 is 1.62 bits per heavy atom. The van der Waals surface area contributed by atoms with Gasteiger partial charge in [0.2, 0.25) is 0 Å². The van der Waals surface area contributed by atoms with Gasteiger partial charge in [-0.1, -0.05) is 47.5 Å². The molecule has 0 aromatic rings. The van der Waals surface area contributed by atoms with Crippen LogP contribution in [0.25, 0.3) is 0 Å². The summed E-state index contributed by atoms with van der Waals surface area (Å²) in [6.45, 7) is 5.97. The van der Waals surface area contributed by atoms with Crippen molar-refractivity contribution in [1.29, 1.82) is 0 Å². The second-order valence-corrected chi connectivity index (χ2v) is 3.15. The van der Waals surface area contributed by atoms with Crippen LogP contribution in [0.3, 0.4) is 0 Å². The van der Waals surface area contributed by atoms with E-state index in [9.17, 15) is 4.79 Å². The highest BCUT2D eigenvalue weighted by molar-refractivity contribution is 5.80. The third kappa shape index (κ3) is 5.84. The molecule has 0 N–H and O–H groups in total. The molecule has 0 radical (unpaired) electrons. The van der Waals surface area contributed by atoms with Gasteiger partial charge in [0.05, 0.1) is 0 Å². The van der Waals surface area contributed by atoms with Crippen molar-refractivity contribution in [3.63, 3.8) is 0 Å². The highest BCUT2D eigenvalue weighted by Gasteiger charge is 2.18. The molecule has 13 heavy (non-hydrogen) atoms. The predicted molar refractivity (Wildman–Crippen MR) is 60.0 cm³/mol. The first-order chi connectivity index (χ1) is 5.84. The molecule has 0 spiro atoms. The zero-order valence-electron chi connectivity index (χ0n) is 8.73. The summed E-state index contributed by atoms with van der Waals surface area (Å²) in [6.07, 6.45) is 6.95. The van der Waals surface area contributed by atoms with Crippen LogP contribution < -0.4 is 0 Å². The number of hydrogen-bond donors (Lipinski definition) is 0. The number of ketones is 1. The van der Waals surface area contributed by atoms with Crippen LogP contribution in [0, 0.1) is 5.92 Å². The van der Waals surface area contributed by atoms with E-state index in [0.717, 1.165) is 19.3 Å². The van der Waals surface area contributed by atoms with E-state index in [0.29, 0.717) is 11.7 Å². The quantitative estimate of drug-likeness (QED) is 0.631. The summed E-state index contributed by atoms with van der Waals surface area (Å²) in [5, 5.41) is 0. The molecular formula is C12H26O. The van der Waals surface area contributed by atoms with E-state index in [4.69, 9.17) is 0 Å². The summed E-state index contributed by atoms with van der Waals surface area (Å²) in [5.41, 5.74) is 0. The monoisotopic (exact) mass is 186 g/mol. The van der Waals surface area contributed by atoms with Gasteiger partial charge in [-0.25, -0.2) is 0 Å². The minimum atomic E-state index is 0. The minimum Gasteiger partial charge on any atom is -0.299 e. The molecule has 0 amide bonds. The van der Waals surface area contributed by atoms with Gasteiger partial charge in [-0.2, -0.15) is 0 Å². The van der Waals surface area contributed by atoms with Gasteiger partial charge >= 0.3 is 0 Å². The van der Waals surface area contributed by atoms with Crippen molar-refractivity contribution in [2.24, 2.45) is 5.92 Å². The summed E-state index contributed by atoms with van der Waals surface area (Å²) < 4.78 is 0. The Hall–Kier alpha value is -0.330. The SMILES string of the molecule is C.CC.CCC(=O)C1CCCCC1. The maximum Gasteiger partial charge on any atom is 0.135 e. The van der Waals surface area contributed by atoms with Crippen molar-refractivity contribution in [2.45, 2.75) is 66.7 Å². The fourth-order valence-electron chi connectivity index (χ4n) is 1.71. The molecule has 0 unspecified atom stereocenters. The van der Waals surface area contributed by atoms with Gasteiger partial charge in [0, 0.05) is 12.3 Å². The molecule has 1 aliphatic rings. The van der Waals surface area contributed by atoms with Crippen molar-refractivity contribution in [3.8, 4) is 0 Å². The van der Waals surface area contributed by atoms with E-state index < -0.39 is 0 Å². The van der Waals surface area contributed by atoms with Crippen LogP contribution in [-0.4, -0.2) is 5.78 Å². The molecule has 0 aromatic carbocycles. The number of carbonyl (C=O) groups is 1.